The Morgan fingerprint density at radius 3 is 2.52 bits per heavy atom. The molecule has 0 aliphatic heterocycles. The van der Waals surface area contributed by atoms with E-state index in [0.717, 1.165) is 30.7 Å². The van der Waals surface area contributed by atoms with Gasteiger partial charge in [-0.15, -0.1) is 13.2 Å². The minimum absolute atomic E-state index is 0.00565. The Labute approximate surface area is 175 Å². The smallest absolute Gasteiger partial charge is 0.406 e. The number of rotatable bonds is 7. The minimum Gasteiger partial charge on any atom is -0.406 e. The molecule has 0 saturated heterocycles. The molecular weight excluding hydrogens is 419 g/mol. The second-order valence-electron chi connectivity index (χ2n) is 6.74. The number of halogens is 5. The lowest BCUT2D eigenvalue weighted by Crippen LogP contribution is -2.17. The molecule has 0 radical (unpaired) electrons. The average Bonchev–Trinajstić information content (AvgIpc) is 2.69. The largest absolute Gasteiger partial charge is 0.573 e. The number of hydrogen-bond donors (Lipinski definition) is 2. The molecule has 2 aromatic carbocycles. The summed E-state index contributed by atoms with van der Waals surface area (Å²) in [5.74, 6) is -1.45. The van der Waals surface area contributed by atoms with Crippen LogP contribution in [0.3, 0.4) is 0 Å². The van der Waals surface area contributed by atoms with Crippen molar-refractivity contribution in [1.82, 2.24) is 9.97 Å². The fourth-order valence-corrected chi connectivity index (χ4v) is 2.63. The molecule has 0 fully saturated rings. The third-order valence-electron chi connectivity index (χ3n) is 4.27. The van der Waals surface area contributed by atoms with Gasteiger partial charge >= 0.3 is 6.36 Å². The highest BCUT2D eigenvalue weighted by atomic mass is 19.4. The Kier molecular flexibility index (Phi) is 6.57. The zero-order chi connectivity index (χ0) is 22.6. The number of hydrogen-bond acceptors (Lipinski definition) is 5. The quantitative estimate of drug-likeness (QED) is 0.426. The molecule has 2 N–H and O–H groups in total. The number of ether oxygens (including phenoxy) is 1. The fourth-order valence-electron chi connectivity index (χ4n) is 2.63. The molecule has 31 heavy (non-hydrogen) atoms. The van der Waals surface area contributed by atoms with E-state index in [9.17, 15) is 22.0 Å². The Hall–Kier alpha value is -3.43. The molecule has 0 aliphatic carbocycles. The van der Waals surface area contributed by atoms with Gasteiger partial charge in [0.05, 0.1) is 11.4 Å². The Balaban J connectivity index is 2.01. The summed E-state index contributed by atoms with van der Waals surface area (Å²) in [6.45, 7) is 3.84. The first-order chi connectivity index (χ1) is 14.6. The van der Waals surface area contributed by atoms with Crippen molar-refractivity contribution >= 4 is 17.5 Å². The first-order valence-electron chi connectivity index (χ1n) is 9.37. The van der Waals surface area contributed by atoms with Gasteiger partial charge in [0.1, 0.15) is 23.2 Å². The number of anilines is 3. The zero-order valence-corrected chi connectivity index (χ0v) is 16.6. The van der Waals surface area contributed by atoms with Crippen molar-refractivity contribution in [3.05, 3.63) is 60.2 Å². The third kappa shape index (κ3) is 6.27. The molecule has 1 atom stereocenters. The summed E-state index contributed by atoms with van der Waals surface area (Å²) < 4.78 is 69.2. The van der Waals surface area contributed by atoms with Gasteiger partial charge in [0.25, 0.3) is 0 Å². The van der Waals surface area contributed by atoms with Crippen LogP contribution in [0.1, 0.15) is 20.3 Å². The third-order valence-corrected chi connectivity index (χ3v) is 4.27. The number of nitrogens with one attached hydrogen (secondary N) is 2. The Morgan fingerprint density at radius 2 is 1.81 bits per heavy atom. The van der Waals surface area contributed by atoms with E-state index in [2.05, 4.69) is 25.3 Å². The second-order valence-corrected chi connectivity index (χ2v) is 6.74. The molecule has 0 aliphatic rings. The lowest BCUT2D eigenvalue weighted by atomic mass is 10.1. The van der Waals surface area contributed by atoms with Crippen molar-refractivity contribution in [2.75, 3.05) is 10.6 Å². The van der Waals surface area contributed by atoms with Crippen molar-refractivity contribution in [3.63, 3.8) is 0 Å². The highest BCUT2D eigenvalue weighted by Crippen LogP contribution is 2.30. The zero-order valence-electron chi connectivity index (χ0n) is 16.6. The lowest BCUT2D eigenvalue weighted by molar-refractivity contribution is -0.274. The summed E-state index contributed by atoms with van der Waals surface area (Å²) in [5, 5.41) is 5.76. The van der Waals surface area contributed by atoms with Gasteiger partial charge in [-0.3, -0.25) is 0 Å². The molecule has 3 aromatic rings. The van der Waals surface area contributed by atoms with Crippen LogP contribution in [0.15, 0.2) is 48.5 Å². The van der Waals surface area contributed by atoms with E-state index in [4.69, 9.17) is 0 Å². The maximum atomic E-state index is 14.0. The van der Waals surface area contributed by atoms with Crippen LogP contribution in [0.4, 0.5) is 39.4 Å². The van der Waals surface area contributed by atoms with Crippen molar-refractivity contribution < 1.29 is 26.7 Å². The molecule has 0 amide bonds. The fraction of sp³-hybridized carbons (Fsp3) is 0.238. The van der Waals surface area contributed by atoms with E-state index in [1.807, 2.05) is 13.8 Å². The van der Waals surface area contributed by atoms with Crippen LogP contribution in [0, 0.1) is 11.6 Å². The number of nitrogens with zero attached hydrogens (tertiary/aromatic N) is 2. The predicted octanol–water partition coefficient (Wildman–Crippen LogP) is 6.27. The molecule has 5 nitrogen and oxygen atoms in total. The summed E-state index contributed by atoms with van der Waals surface area (Å²) >= 11 is 0. The molecule has 0 spiro atoms. The standard InChI is InChI=1S/C21H19F5N4O/c1-3-12(2)27-20-29-17(13-5-4-6-15(9-13)31-21(24,25)26)11-19(30-20)28-18-10-14(22)7-8-16(18)23/h4-12H,3H2,1-2H3,(H2,27,28,29,30)/t12-/m0/s1. The van der Waals surface area contributed by atoms with Crippen molar-refractivity contribution in [1.29, 1.82) is 0 Å². The monoisotopic (exact) mass is 438 g/mol. The van der Waals surface area contributed by atoms with Gasteiger partial charge in [-0.1, -0.05) is 19.1 Å². The van der Waals surface area contributed by atoms with Crippen molar-refractivity contribution in [3.8, 4) is 17.0 Å². The maximum Gasteiger partial charge on any atom is 0.573 e. The van der Waals surface area contributed by atoms with Crippen molar-refractivity contribution in [2.24, 2.45) is 0 Å². The van der Waals surface area contributed by atoms with Gasteiger partial charge in [0, 0.05) is 23.7 Å². The molecule has 0 saturated carbocycles. The molecule has 0 bridgehead atoms. The highest BCUT2D eigenvalue weighted by molar-refractivity contribution is 5.68. The second kappa shape index (κ2) is 9.15. The van der Waals surface area contributed by atoms with E-state index in [1.54, 1.807) is 6.07 Å². The van der Waals surface area contributed by atoms with Gasteiger partial charge in [-0.2, -0.15) is 4.98 Å². The van der Waals surface area contributed by atoms with Gasteiger partial charge in [-0.05, 0) is 37.6 Å². The van der Waals surface area contributed by atoms with Crippen LogP contribution in [0.25, 0.3) is 11.3 Å². The highest BCUT2D eigenvalue weighted by Gasteiger charge is 2.31. The summed E-state index contributed by atoms with van der Waals surface area (Å²) in [6, 6.07) is 9.60. The molecule has 164 valence electrons. The topological polar surface area (TPSA) is 59.1 Å². The van der Waals surface area contributed by atoms with Crippen LogP contribution in [0.2, 0.25) is 0 Å². The van der Waals surface area contributed by atoms with E-state index in [0.29, 0.717) is 5.56 Å². The number of alkyl halides is 3. The first-order valence-corrected chi connectivity index (χ1v) is 9.37. The summed E-state index contributed by atoms with van der Waals surface area (Å²) in [6.07, 6.45) is -4.08. The Bertz CT molecular complexity index is 1060. The lowest BCUT2D eigenvalue weighted by Gasteiger charge is -2.15. The van der Waals surface area contributed by atoms with Crippen LogP contribution in [-0.4, -0.2) is 22.4 Å². The van der Waals surface area contributed by atoms with Gasteiger partial charge < -0.3 is 15.4 Å². The summed E-state index contributed by atoms with van der Waals surface area (Å²) in [7, 11) is 0. The maximum absolute atomic E-state index is 14.0. The normalized spacial score (nSPS) is 12.4. The van der Waals surface area contributed by atoms with Crippen LogP contribution in [0.5, 0.6) is 5.75 Å². The van der Waals surface area contributed by atoms with Crippen LogP contribution < -0.4 is 15.4 Å². The van der Waals surface area contributed by atoms with Crippen LogP contribution >= 0.6 is 0 Å². The average molecular weight is 438 g/mol. The minimum atomic E-state index is -4.84. The Morgan fingerprint density at radius 1 is 1.03 bits per heavy atom. The van der Waals surface area contributed by atoms with Crippen molar-refractivity contribution in [2.45, 2.75) is 32.7 Å². The SMILES string of the molecule is CC[C@H](C)Nc1nc(Nc2cc(F)ccc2F)cc(-c2cccc(OC(F)(F)F)c2)n1. The molecule has 1 heterocycles. The molecule has 1 aromatic heterocycles. The molecule has 3 rings (SSSR count). The van der Waals surface area contributed by atoms with Gasteiger partial charge in [-0.25, -0.2) is 13.8 Å². The van der Waals surface area contributed by atoms with Crippen LogP contribution in [-0.2, 0) is 0 Å². The summed E-state index contributed by atoms with van der Waals surface area (Å²) in [5.41, 5.74) is 0.431. The van der Waals surface area contributed by atoms with Gasteiger partial charge in [0.15, 0.2) is 0 Å². The van der Waals surface area contributed by atoms with Gasteiger partial charge in [0.2, 0.25) is 5.95 Å². The predicted molar refractivity (Wildman–Crippen MR) is 107 cm³/mol. The van der Waals surface area contributed by atoms with E-state index >= 15 is 0 Å². The number of benzene rings is 2. The summed E-state index contributed by atoms with van der Waals surface area (Å²) in [4.78, 5) is 8.60. The molecular formula is C21H19F5N4O. The molecule has 0 unspecified atom stereocenters. The van der Waals surface area contributed by atoms with E-state index in [-0.39, 0.29) is 29.2 Å². The number of aromatic nitrogens is 2. The van der Waals surface area contributed by atoms with E-state index in [1.165, 1.54) is 18.2 Å². The molecule has 10 heteroatoms. The first kappa shape index (κ1) is 22.3. The van der Waals surface area contributed by atoms with E-state index < -0.39 is 23.7 Å².